The number of methoxy groups -OCH3 is 1. The van der Waals surface area contributed by atoms with Crippen LogP contribution in [0.5, 0.6) is 5.75 Å². The number of morpholine rings is 1. The lowest BCUT2D eigenvalue weighted by Crippen LogP contribution is -2.40. The number of ether oxygens (including phenoxy) is 2. The molecule has 0 aliphatic carbocycles. The molecule has 0 saturated carbocycles. The Labute approximate surface area is 214 Å². The van der Waals surface area contributed by atoms with E-state index in [0.717, 1.165) is 12.1 Å². The Hall–Kier alpha value is -2.46. The standard InChI is InChI=1S/C27H37N3O5S/c1-34-26-11-10-25(36(32,33)30-15-17-35-18-16-30)19-24(26)9-12-27(31)28-20-22-5-7-23(8-6-22)21-29-13-3-2-4-14-29/h5-8,10-11,19H,2-4,9,12-18,20-21H2,1H3,(H,28,31). The van der Waals surface area contributed by atoms with Crippen LogP contribution in [0.15, 0.2) is 47.4 Å². The molecule has 36 heavy (non-hydrogen) atoms. The molecule has 4 rings (SSSR count). The van der Waals surface area contributed by atoms with E-state index in [1.807, 2.05) is 0 Å². The average Bonchev–Trinajstić information content (AvgIpc) is 2.92. The van der Waals surface area contributed by atoms with Crippen LogP contribution in [0.1, 0.15) is 42.4 Å². The molecule has 0 atom stereocenters. The van der Waals surface area contributed by atoms with Gasteiger partial charge >= 0.3 is 0 Å². The van der Waals surface area contributed by atoms with Gasteiger partial charge in [0.05, 0.1) is 25.2 Å². The van der Waals surface area contributed by atoms with Crippen molar-refractivity contribution in [2.75, 3.05) is 46.5 Å². The lowest BCUT2D eigenvalue weighted by atomic mass is 10.1. The first-order valence-corrected chi connectivity index (χ1v) is 14.2. The van der Waals surface area contributed by atoms with E-state index in [-0.39, 0.29) is 17.2 Å². The zero-order chi connectivity index (χ0) is 25.4. The van der Waals surface area contributed by atoms with Crippen molar-refractivity contribution >= 4 is 15.9 Å². The van der Waals surface area contributed by atoms with Crippen molar-refractivity contribution in [1.29, 1.82) is 0 Å². The van der Waals surface area contributed by atoms with Crippen molar-refractivity contribution in [1.82, 2.24) is 14.5 Å². The summed E-state index contributed by atoms with van der Waals surface area (Å²) in [5.74, 6) is 0.490. The predicted molar refractivity (Wildman–Crippen MR) is 138 cm³/mol. The summed E-state index contributed by atoms with van der Waals surface area (Å²) >= 11 is 0. The molecule has 9 heteroatoms. The Morgan fingerprint density at radius 2 is 1.67 bits per heavy atom. The summed E-state index contributed by atoms with van der Waals surface area (Å²) in [5, 5.41) is 2.97. The number of amides is 1. The van der Waals surface area contributed by atoms with Gasteiger partial charge in [0.15, 0.2) is 0 Å². The van der Waals surface area contributed by atoms with Crippen molar-refractivity contribution in [3.8, 4) is 5.75 Å². The normalized spacial score (nSPS) is 17.6. The number of carbonyl (C=O) groups excluding carboxylic acids is 1. The Kier molecular flexibility index (Phi) is 9.36. The van der Waals surface area contributed by atoms with Crippen LogP contribution in [0, 0.1) is 0 Å². The molecule has 2 aliphatic heterocycles. The highest BCUT2D eigenvalue weighted by molar-refractivity contribution is 7.89. The average molecular weight is 516 g/mol. The smallest absolute Gasteiger partial charge is 0.243 e. The number of rotatable bonds is 10. The number of sulfonamides is 1. The topological polar surface area (TPSA) is 88.2 Å². The first-order chi connectivity index (χ1) is 17.5. The largest absolute Gasteiger partial charge is 0.496 e. The molecule has 0 spiro atoms. The molecule has 0 bridgehead atoms. The second-order valence-corrected chi connectivity index (χ2v) is 11.4. The number of aryl methyl sites for hydroxylation is 1. The first-order valence-electron chi connectivity index (χ1n) is 12.8. The predicted octanol–water partition coefficient (Wildman–Crippen LogP) is 2.95. The highest BCUT2D eigenvalue weighted by atomic mass is 32.2. The minimum absolute atomic E-state index is 0.0871. The van der Waals surface area contributed by atoms with Crippen LogP contribution in [0.3, 0.4) is 0 Å². The molecule has 2 aromatic carbocycles. The minimum Gasteiger partial charge on any atom is -0.496 e. The zero-order valence-corrected chi connectivity index (χ0v) is 21.9. The number of hydrogen-bond donors (Lipinski definition) is 1. The van der Waals surface area contributed by atoms with Gasteiger partial charge in [-0.3, -0.25) is 9.69 Å². The Balaban J connectivity index is 1.30. The lowest BCUT2D eigenvalue weighted by molar-refractivity contribution is -0.121. The second kappa shape index (κ2) is 12.7. The van der Waals surface area contributed by atoms with E-state index < -0.39 is 10.0 Å². The summed E-state index contributed by atoms with van der Waals surface area (Å²) in [6.07, 6.45) is 4.52. The van der Waals surface area contributed by atoms with Crippen molar-refractivity contribution in [2.45, 2.75) is 50.1 Å². The van der Waals surface area contributed by atoms with Crippen molar-refractivity contribution < 1.29 is 22.7 Å². The van der Waals surface area contributed by atoms with Crippen molar-refractivity contribution in [3.63, 3.8) is 0 Å². The number of likely N-dealkylation sites (tertiary alicyclic amines) is 1. The molecule has 8 nitrogen and oxygen atoms in total. The number of benzene rings is 2. The first kappa shape index (κ1) is 26.6. The van der Waals surface area contributed by atoms with Crippen LogP contribution in [0.2, 0.25) is 0 Å². The number of piperidine rings is 1. The highest BCUT2D eigenvalue weighted by Gasteiger charge is 2.27. The van der Waals surface area contributed by atoms with E-state index in [0.29, 0.717) is 50.6 Å². The third-order valence-electron chi connectivity index (χ3n) is 6.85. The van der Waals surface area contributed by atoms with E-state index in [1.165, 1.54) is 42.2 Å². The summed E-state index contributed by atoms with van der Waals surface area (Å²) in [6, 6.07) is 13.3. The number of nitrogens with one attached hydrogen (secondary N) is 1. The van der Waals surface area contributed by atoms with Crippen molar-refractivity contribution in [2.24, 2.45) is 0 Å². The fraction of sp³-hybridized carbons (Fsp3) is 0.519. The molecule has 2 fully saturated rings. The van der Waals surface area contributed by atoms with E-state index in [2.05, 4.69) is 34.5 Å². The monoisotopic (exact) mass is 515 g/mol. The summed E-state index contributed by atoms with van der Waals surface area (Å²) in [4.78, 5) is 15.3. The van der Waals surface area contributed by atoms with Gasteiger partial charge in [0.25, 0.3) is 0 Å². The van der Waals surface area contributed by atoms with Gasteiger partial charge in [-0.15, -0.1) is 0 Å². The highest BCUT2D eigenvalue weighted by Crippen LogP contribution is 2.26. The fourth-order valence-corrected chi connectivity index (χ4v) is 6.18. The van der Waals surface area contributed by atoms with Crippen molar-refractivity contribution in [3.05, 3.63) is 59.2 Å². The zero-order valence-electron chi connectivity index (χ0n) is 21.1. The summed E-state index contributed by atoms with van der Waals surface area (Å²) in [6.45, 7) is 5.25. The molecular formula is C27H37N3O5S. The van der Waals surface area contributed by atoms with Crippen LogP contribution < -0.4 is 10.1 Å². The third kappa shape index (κ3) is 7.06. The molecule has 2 aliphatic rings. The van der Waals surface area contributed by atoms with Crippen LogP contribution in [-0.2, 0) is 39.1 Å². The number of carbonyl (C=O) groups is 1. The second-order valence-electron chi connectivity index (χ2n) is 9.42. The molecule has 1 amide bonds. The van der Waals surface area contributed by atoms with E-state index in [4.69, 9.17) is 9.47 Å². The SMILES string of the molecule is COc1ccc(S(=O)(=O)N2CCOCC2)cc1CCC(=O)NCc1ccc(CN2CCCCC2)cc1. The van der Waals surface area contributed by atoms with Crippen LogP contribution in [0.4, 0.5) is 0 Å². The van der Waals surface area contributed by atoms with Crippen LogP contribution in [0.25, 0.3) is 0 Å². The molecule has 0 radical (unpaired) electrons. The van der Waals surface area contributed by atoms with Gasteiger partial charge in [0, 0.05) is 32.6 Å². The molecule has 1 N–H and O–H groups in total. The van der Waals surface area contributed by atoms with Gasteiger partial charge in [0.2, 0.25) is 15.9 Å². The Bertz CT molecular complexity index is 1110. The molecule has 196 valence electrons. The lowest BCUT2D eigenvalue weighted by Gasteiger charge is -2.26. The Morgan fingerprint density at radius 1 is 0.972 bits per heavy atom. The van der Waals surface area contributed by atoms with E-state index in [9.17, 15) is 13.2 Å². The third-order valence-corrected chi connectivity index (χ3v) is 8.74. The van der Waals surface area contributed by atoms with Gasteiger partial charge in [-0.25, -0.2) is 8.42 Å². The van der Waals surface area contributed by atoms with E-state index in [1.54, 1.807) is 25.3 Å². The summed E-state index contributed by atoms with van der Waals surface area (Å²) in [5.41, 5.74) is 3.05. The van der Waals surface area contributed by atoms with Gasteiger partial charge < -0.3 is 14.8 Å². The minimum atomic E-state index is -3.61. The van der Waals surface area contributed by atoms with Gasteiger partial charge in [-0.05, 0) is 67.2 Å². The number of hydrogen-bond acceptors (Lipinski definition) is 6. The maximum Gasteiger partial charge on any atom is 0.243 e. The number of nitrogens with zero attached hydrogens (tertiary/aromatic N) is 2. The molecule has 2 aromatic rings. The summed E-state index contributed by atoms with van der Waals surface area (Å²) in [7, 11) is -2.07. The van der Waals surface area contributed by atoms with Crippen LogP contribution >= 0.6 is 0 Å². The van der Waals surface area contributed by atoms with Gasteiger partial charge in [-0.1, -0.05) is 30.7 Å². The van der Waals surface area contributed by atoms with Gasteiger partial charge in [-0.2, -0.15) is 4.31 Å². The maximum absolute atomic E-state index is 13.0. The molecule has 2 heterocycles. The van der Waals surface area contributed by atoms with E-state index >= 15 is 0 Å². The summed E-state index contributed by atoms with van der Waals surface area (Å²) < 4.78 is 38.2. The Morgan fingerprint density at radius 3 is 2.36 bits per heavy atom. The van der Waals surface area contributed by atoms with Gasteiger partial charge in [0.1, 0.15) is 5.75 Å². The molecule has 2 saturated heterocycles. The quantitative estimate of drug-likeness (QED) is 0.524. The molecular weight excluding hydrogens is 478 g/mol. The molecule has 0 unspecified atom stereocenters. The fourth-order valence-electron chi connectivity index (χ4n) is 4.72. The molecule has 0 aromatic heterocycles. The maximum atomic E-state index is 13.0. The van der Waals surface area contributed by atoms with Crippen LogP contribution in [-0.4, -0.2) is 70.0 Å².